The largest absolute Gasteiger partial charge is 0.482 e. The summed E-state index contributed by atoms with van der Waals surface area (Å²) >= 11 is 4.53. The molecule has 1 amide bonds. The van der Waals surface area contributed by atoms with Crippen molar-refractivity contribution in [2.24, 2.45) is 0 Å². The molecule has 1 aliphatic heterocycles. The lowest BCUT2D eigenvalue weighted by Gasteiger charge is -2.18. The van der Waals surface area contributed by atoms with Crippen LogP contribution >= 0.6 is 34.9 Å². The van der Waals surface area contributed by atoms with Crippen molar-refractivity contribution in [1.82, 2.24) is 10.2 Å². The average molecular weight is 382 g/mol. The first-order valence-corrected chi connectivity index (χ1v) is 9.99. The minimum Gasteiger partial charge on any atom is -0.482 e. The number of carbonyl (C=O) groups excluding carboxylic acids is 2. The van der Waals surface area contributed by atoms with Crippen molar-refractivity contribution < 1.29 is 14.3 Å². The number of hydrogen-bond acceptors (Lipinski definition) is 8. The SMILES string of the molecule is CCSc1nnc(SC(C)C(=O)c2ccc3c(c2)NC(=O)CO3)s1. The highest BCUT2D eigenvalue weighted by atomic mass is 32.2. The van der Waals surface area contributed by atoms with E-state index in [0.29, 0.717) is 17.0 Å². The molecule has 1 N–H and O–H groups in total. The van der Waals surface area contributed by atoms with Gasteiger partial charge >= 0.3 is 0 Å². The van der Waals surface area contributed by atoms with Crippen LogP contribution < -0.4 is 10.1 Å². The summed E-state index contributed by atoms with van der Waals surface area (Å²) in [5, 5.41) is 10.6. The quantitative estimate of drug-likeness (QED) is 0.607. The fraction of sp³-hybridized carbons (Fsp3) is 0.333. The van der Waals surface area contributed by atoms with Crippen molar-refractivity contribution >= 4 is 52.2 Å². The summed E-state index contributed by atoms with van der Waals surface area (Å²) in [6.07, 6.45) is 0. The lowest BCUT2D eigenvalue weighted by molar-refractivity contribution is -0.118. The van der Waals surface area contributed by atoms with Crippen LogP contribution in [0.4, 0.5) is 5.69 Å². The number of fused-ring (bicyclic) bond motifs is 1. The van der Waals surface area contributed by atoms with Gasteiger partial charge in [-0.05, 0) is 30.9 Å². The molecule has 1 atom stereocenters. The lowest BCUT2D eigenvalue weighted by atomic mass is 10.1. The topological polar surface area (TPSA) is 81.2 Å². The summed E-state index contributed by atoms with van der Waals surface area (Å²) in [5.74, 6) is 1.28. The van der Waals surface area contributed by atoms with Crippen LogP contribution in [0.3, 0.4) is 0 Å². The van der Waals surface area contributed by atoms with Crippen LogP contribution in [0.15, 0.2) is 26.9 Å². The Bertz CT molecular complexity index is 778. The molecule has 1 aliphatic rings. The Labute approximate surface area is 151 Å². The summed E-state index contributed by atoms with van der Waals surface area (Å²) in [7, 11) is 0. The van der Waals surface area contributed by atoms with Gasteiger partial charge in [0.2, 0.25) is 0 Å². The van der Waals surface area contributed by atoms with E-state index in [4.69, 9.17) is 4.74 Å². The fourth-order valence-electron chi connectivity index (χ4n) is 2.10. The normalized spacial score (nSPS) is 14.5. The van der Waals surface area contributed by atoms with Crippen LogP contribution in [-0.2, 0) is 4.79 Å². The fourth-order valence-corrected chi connectivity index (χ4v) is 5.24. The monoisotopic (exact) mass is 381 g/mol. The van der Waals surface area contributed by atoms with Gasteiger partial charge < -0.3 is 10.1 Å². The predicted molar refractivity (Wildman–Crippen MR) is 96.5 cm³/mol. The van der Waals surface area contributed by atoms with Crippen LogP contribution in [0.1, 0.15) is 24.2 Å². The van der Waals surface area contributed by atoms with Gasteiger partial charge in [0.25, 0.3) is 5.91 Å². The van der Waals surface area contributed by atoms with E-state index in [-0.39, 0.29) is 23.5 Å². The third kappa shape index (κ3) is 3.90. The first kappa shape index (κ1) is 17.2. The van der Waals surface area contributed by atoms with E-state index >= 15 is 0 Å². The Kier molecular flexibility index (Phi) is 5.42. The standard InChI is InChI=1S/C15H15N3O3S3/c1-3-22-14-17-18-15(24-14)23-8(2)13(20)9-4-5-11-10(6-9)16-12(19)7-21-11/h4-6,8H,3,7H2,1-2H3,(H,16,19). The van der Waals surface area contributed by atoms with E-state index in [0.717, 1.165) is 14.4 Å². The Morgan fingerprint density at radius 3 is 3.00 bits per heavy atom. The third-order valence-electron chi connectivity index (χ3n) is 3.20. The first-order valence-electron chi connectivity index (χ1n) is 7.30. The van der Waals surface area contributed by atoms with Crippen molar-refractivity contribution in [2.45, 2.75) is 27.8 Å². The molecular weight excluding hydrogens is 366 g/mol. The maximum atomic E-state index is 12.6. The maximum absolute atomic E-state index is 12.6. The average Bonchev–Trinajstić information content (AvgIpc) is 3.00. The molecule has 3 rings (SSSR count). The minimum absolute atomic E-state index is 0.00169. The van der Waals surface area contributed by atoms with E-state index in [1.807, 2.05) is 6.92 Å². The van der Waals surface area contributed by atoms with E-state index in [9.17, 15) is 9.59 Å². The number of Topliss-reactive ketones (excluding diaryl/α,β-unsaturated/α-hetero) is 1. The van der Waals surface area contributed by atoms with Crippen molar-refractivity contribution in [3.8, 4) is 5.75 Å². The number of aromatic nitrogens is 2. The Morgan fingerprint density at radius 1 is 1.42 bits per heavy atom. The number of hydrogen-bond donors (Lipinski definition) is 1. The number of nitrogens with zero attached hydrogens (tertiary/aromatic N) is 2. The third-order valence-corrected chi connectivity index (χ3v) is 6.32. The number of ether oxygens (including phenoxy) is 1. The van der Waals surface area contributed by atoms with Gasteiger partial charge in [0, 0.05) is 5.56 Å². The maximum Gasteiger partial charge on any atom is 0.262 e. The number of anilines is 1. The van der Waals surface area contributed by atoms with Gasteiger partial charge in [-0.15, -0.1) is 10.2 Å². The first-order chi connectivity index (χ1) is 11.6. The highest BCUT2D eigenvalue weighted by Crippen LogP contribution is 2.34. The van der Waals surface area contributed by atoms with Gasteiger partial charge in [-0.25, -0.2) is 0 Å². The molecule has 9 heteroatoms. The van der Waals surface area contributed by atoms with Crippen LogP contribution in [0.5, 0.6) is 5.75 Å². The second-order valence-corrected chi connectivity index (χ2v) is 9.02. The molecule has 2 heterocycles. The zero-order valence-electron chi connectivity index (χ0n) is 13.1. The van der Waals surface area contributed by atoms with Gasteiger partial charge in [0.05, 0.1) is 10.9 Å². The number of rotatable bonds is 6. The highest BCUT2D eigenvalue weighted by Gasteiger charge is 2.22. The molecule has 6 nitrogen and oxygen atoms in total. The minimum atomic E-state index is -0.296. The van der Waals surface area contributed by atoms with Crippen LogP contribution in [-0.4, -0.2) is 39.5 Å². The van der Waals surface area contributed by atoms with E-state index < -0.39 is 0 Å². The van der Waals surface area contributed by atoms with Crippen LogP contribution in [0, 0.1) is 0 Å². The Hall–Kier alpha value is -1.58. The van der Waals surface area contributed by atoms with E-state index in [1.54, 1.807) is 30.0 Å². The molecule has 0 saturated heterocycles. The molecule has 0 fully saturated rings. The predicted octanol–water partition coefficient (Wildman–Crippen LogP) is 3.34. The molecule has 1 aromatic heterocycles. The molecule has 1 unspecified atom stereocenters. The number of carbonyl (C=O) groups is 2. The Balaban J connectivity index is 1.71. The number of amides is 1. The smallest absolute Gasteiger partial charge is 0.262 e. The summed E-state index contributed by atoms with van der Waals surface area (Å²) in [4.78, 5) is 24.0. The summed E-state index contributed by atoms with van der Waals surface area (Å²) in [6.45, 7) is 3.90. The molecule has 2 aromatic rings. The number of benzene rings is 1. The van der Waals surface area contributed by atoms with Crippen molar-refractivity contribution in [2.75, 3.05) is 17.7 Å². The van der Waals surface area contributed by atoms with Crippen molar-refractivity contribution in [3.05, 3.63) is 23.8 Å². The molecule has 0 spiro atoms. The van der Waals surface area contributed by atoms with Crippen molar-refractivity contribution in [1.29, 1.82) is 0 Å². The molecular formula is C15H15N3O3S3. The highest BCUT2D eigenvalue weighted by molar-refractivity contribution is 8.03. The molecule has 24 heavy (non-hydrogen) atoms. The van der Waals surface area contributed by atoms with E-state index in [1.165, 1.54) is 23.1 Å². The molecule has 0 saturated carbocycles. The molecule has 0 bridgehead atoms. The second kappa shape index (κ2) is 7.54. The molecule has 0 radical (unpaired) electrons. The van der Waals surface area contributed by atoms with Gasteiger partial charge in [-0.1, -0.05) is 41.8 Å². The second-order valence-electron chi connectivity index (χ2n) is 4.94. The van der Waals surface area contributed by atoms with Crippen LogP contribution in [0.25, 0.3) is 0 Å². The van der Waals surface area contributed by atoms with Gasteiger partial charge in [-0.2, -0.15) is 0 Å². The van der Waals surface area contributed by atoms with E-state index in [2.05, 4.69) is 22.4 Å². The Morgan fingerprint density at radius 2 is 2.21 bits per heavy atom. The molecule has 1 aromatic carbocycles. The van der Waals surface area contributed by atoms with Crippen LogP contribution in [0.2, 0.25) is 0 Å². The summed E-state index contributed by atoms with van der Waals surface area (Å²) < 4.78 is 6.99. The molecule has 0 aliphatic carbocycles. The number of ketones is 1. The van der Waals surface area contributed by atoms with Gasteiger partial charge in [0.1, 0.15) is 5.75 Å². The summed E-state index contributed by atoms with van der Waals surface area (Å²) in [5.41, 5.74) is 1.07. The van der Waals surface area contributed by atoms with Gasteiger partial charge in [-0.3, -0.25) is 9.59 Å². The lowest BCUT2D eigenvalue weighted by Crippen LogP contribution is -2.25. The van der Waals surface area contributed by atoms with Crippen molar-refractivity contribution in [3.63, 3.8) is 0 Å². The number of thioether (sulfide) groups is 2. The summed E-state index contributed by atoms with van der Waals surface area (Å²) in [6, 6.07) is 5.08. The molecule has 126 valence electrons. The van der Waals surface area contributed by atoms with Gasteiger partial charge in [0.15, 0.2) is 21.1 Å². The zero-order valence-corrected chi connectivity index (χ0v) is 15.5. The zero-order chi connectivity index (χ0) is 17.1. The number of nitrogens with one attached hydrogen (secondary N) is 1.